The van der Waals surface area contributed by atoms with E-state index in [9.17, 15) is 9.18 Å². The van der Waals surface area contributed by atoms with E-state index in [1.54, 1.807) is 23.2 Å². The lowest BCUT2D eigenvalue weighted by Gasteiger charge is -2.32. The standard InChI is InChI=1S/C16H17FN2O2S/c1-2-15-18-9-14(22-15)16(20)19-7-8-21-13(10-19)11-3-5-12(17)6-4-11/h3-6,9,13H,2,7-8,10H2,1H3/t13-/m0/s1. The lowest BCUT2D eigenvalue weighted by atomic mass is 10.1. The molecule has 4 nitrogen and oxygen atoms in total. The van der Waals surface area contributed by atoms with Crippen LogP contribution in [-0.2, 0) is 11.2 Å². The first-order chi connectivity index (χ1) is 10.7. The number of rotatable bonds is 3. The number of aryl methyl sites for hydroxylation is 1. The van der Waals surface area contributed by atoms with Crippen molar-refractivity contribution in [3.8, 4) is 0 Å². The van der Waals surface area contributed by atoms with Crippen molar-refractivity contribution >= 4 is 17.2 Å². The van der Waals surface area contributed by atoms with Gasteiger partial charge in [-0.2, -0.15) is 0 Å². The van der Waals surface area contributed by atoms with Crippen LogP contribution in [0.3, 0.4) is 0 Å². The van der Waals surface area contributed by atoms with Gasteiger partial charge >= 0.3 is 0 Å². The molecule has 1 amide bonds. The van der Waals surface area contributed by atoms with E-state index >= 15 is 0 Å². The highest BCUT2D eigenvalue weighted by Gasteiger charge is 2.27. The summed E-state index contributed by atoms with van der Waals surface area (Å²) in [6.07, 6.45) is 2.27. The molecule has 1 aromatic carbocycles. The van der Waals surface area contributed by atoms with Crippen LogP contribution in [0.2, 0.25) is 0 Å². The van der Waals surface area contributed by atoms with Gasteiger partial charge in [-0.05, 0) is 24.1 Å². The molecule has 6 heteroatoms. The zero-order valence-corrected chi connectivity index (χ0v) is 13.1. The molecular formula is C16H17FN2O2S. The van der Waals surface area contributed by atoms with E-state index in [1.807, 2.05) is 6.92 Å². The molecule has 2 aromatic rings. The molecule has 1 saturated heterocycles. The van der Waals surface area contributed by atoms with Gasteiger partial charge in [0.05, 0.1) is 24.4 Å². The van der Waals surface area contributed by atoms with Crippen LogP contribution in [0.5, 0.6) is 0 Å². The Morgan fingerprint density at radius 3 is 2.91 bits per heavy atom. The number of hydrogen-bond acceptors (Lipinski definition) is 4. The Labute approximate surface area is 132 Å². The van der Waals surface area contributed by atoms with Gasteiger partial charge in [0, 0.05) is 6.54 Å². The van der Waals surface area contributed by atoms with Crippen molar-refractivity contribution in [2.75, 3.05) is 19.7 Å². The summed E-state index contributed by atoms with van der Waals surface area (Å²) < 4.78 is 18.7. The second-order valence-electron chi connectivity index (χ2n) is 5.13. The number of benzene rings is 1. The quantitative estimate of drug-likeness (QED) is 0.873. The number of morpholine rings is 1. The van der Waals surface area contributed by atoms with Crippen molar-refractivity contribution in [3.63, 3.8) is 0 Å². The Hall–Kier alpha value is -1.79. The lowest BCUT2D eigenvalue weighted by molar-refractivity contribution is -0.0226. The molecule has 1 aliphatic heterocycles. The third kappa shape index (κ3) is 3.18. The highest BCUT2D eigenvalue weighted by Crippen LogP contribution is 2.24. The topological polar surface area (TPSA) is 42.4 Å². The molecular weight excluding hydrogens is 303 g/mol. The predicted octanol–water partition coefficient (Wildman–Crippen LogP) is 3.06. The van der Waals surface area contributed by atoms with E-state index in [0.717, 1.165) is 17.0 Å². The van der Waals surface area contributed by atoms with Crippen LogP contribution in [0, 0.1) is 5.82 Å². The normalized spacial score (nSPS) is 18.5. The number of nitrogens with zero attached hydrogens (tertiary/aromatic N) is 2. The van der Waals surface area contributed by atoms with E-state index in [1.165, 1.54) is 23.5 Å². The number of aromatic nitrogens is 1. The lowest BCUT2D eigenvalue weighted by Crippen LogP contribution is -2.42. The van der Waals surface area contributed by atoms with E-state index in [0.29, 0.717) is 24.6 Å². The second kappa shape index (κ2) is 6.54. The molecule has 1 aromatic heterocycles. The summed E-state index contributed by atoms with van der Waals surface area (Å²) in [6.45, 7) is 3.54. The van der Waals surface area contributed by atoms with E-state index < -0.39 is 0 Å². The van der Waals surface area contributed by atoms with Gasteiger partial charge in [-0.1, -0.05) is 19.1 Å². The number of ether oxygens (including phenoxy) is 1. The third-order valence-electron chi connectivity index (χ3n) is 3.66. The van der Waals surface area contributed by atoms with Gasteiger partial charge in [-0.25, -0.2) is 9.37 Å². The maximum Gasteiger partial charge on any atom is 0.265 e. The van der Waals surface area contributed by atoms with Gasteiger partial charge in [0.1, 0.15) is 16.8 Å². The van der Waals surface area contributed by atoms with Crippen molar-refractivity contribution in [1.82, 2.24) is 9.88 Å². The van der Waals surface area contributed by atoms with Gasteiger partial charge in [-0.3, -0.25) is 4.79 Å². The zero-order valence-electron chi connectivity index (χ0n) is 12.3. The largest absolute Gasteiger partial charge is 0.370 e. The fourth-order valence-corrected chi connectivity index (χ4v) is 3.27. The average molecular weight is 320 g/mol. The maximum atomic E-state index is 13.0. The summed E-state index contributed by atoms with van der Waals surface area (Å²) >= 11 is 1.44. The average Bonchev–Trinajstić information content (AvgIpc) is 3.04. The molecule has 0 bridgehead atoms. The molecule has 0 aliphatic carbocycles. The van der Waals surface area contributed by atoms with Gasteiger partial charge in [0.15, 0.2) is 0 Å². The molecule has 1 fully saturated rings. The molecule has 3 rings (SSSR count). The number of halogens is 1. The highest BCUT2D eigenvalue weighted by atomic mass is 32.1. The van der Waals surface area contributed by atoms with Crippen LogP contribution in [0.15, 0.2) is 30.5 Å². The van der Waals surface area contributed by atoms with Crippen molar-refractivity contribution in [1.29, 1.82) is 0 Å². The molecule has 0 N–H and O–H groups in total. The van der Waals surface area contributed by atoms with Crippen molar-refractivity contribution in [2.24, 2.45) is 0 Å². The summed E-state index contributed by atoms with van der Waals surface area (Å²) in [7, 11) is 0. The van der Waals surface area contributed by atoms with E-state index in [4.69, 9.17) is 4.74 Å². The first-order valence-electron chi connectivity index (χ1n) is 7.28. The molecule has 0 spiro atoms. The maximum absolute atomic E-state index is 13.0. The number of amides is 1. The molecule has 0 radical (unpaired) electrons. The van der Waals surface area contributed by atoms with Crippen LogP contribution >= 0.6 is 11.3 Å². The smallest absolute Gasteiger partial charge is 0.265 e. The Balaban J connectivity index is 1.72. The summed E-state index contributed by atoms with van der Waals surface area (Å²) in [6, 6.07) is 6.23. The summed E-state index contributed by atoms with van der Waals surface area (Å²) in [5.41, 5.74) is 0.887. The molecule has 1 aliphatic rings. The van der Waals surface area contributed by atoms with Crippen LogP contribution in [-0.4, -0.2) is 35.5 Å². The van der Waals surface area contributed by atoms with Gasteiger partial charge in [-0.15, -0.1) is 11.3 Å². The van der Waals surface area contributed by atoms with Gasteiger partial charge < -0.3 is 9.64 Å². The number of carbonyl (C=O) groups is 1. The molecule has 22 heavy (non-hydrogen) atoms. The minimum absolute atomic E-state index is 0.00684. The van der Waals surface area contributed by atoms with Crippen molar-refractivity contribution in [2.45, 2.75) is 19.4 Å². The zero-order chi connectivity index (χ0) is 15.5. The number of carbonyl (C=O) groups excluding carboxylic acids is 1. The molecule has 0 saturated carbocycles. The SMILES string of the molecule is CCc1ncc(C(=O)N2CCO[C@H](c3ccc(F)cc3)C2)s1. The highest BCUT2D eigenvalue weighted by molar-refractivity contribution is 7.13. The van der Waals surface area contributed by atoms with Crippen LogP contribution in [0.1, 0.15) is 33.3 Å². The van der Waals surface area contributed by atoms with Crippen LogP contribution < -0.4 is 0 Å². The molecule has 116 valence electrons. The van der Waals surface area contributed by atoms with Crippen molar-refractivity contribution in [3.05, 3.63) is 51.7 Å². The Morgan fingerprint density at radius 2 is 2.23 bits per heavy atom. The predicted molar refractivity (Wildman–Crippen MR) is 82.5 cm³/mol. The van der Waals surface area contributed by atoms with Crippen LogP contribution in [0.4, 0.5) is 4.39 Å². The van der Waals surface area contributed by atoms with Gasteiger partial charge in [0.25, 0.3) is 5.91 Å². The Bertz CT molecular complexity index is 656. The molecule has 1 atom stereocenters. The molecule has 0 unspecified atom stereocenters. The van der Waals surface area contributed by atoms with Gasteiger partial charge in [0.2, 0.25) is 0 Å². The first kappa shape index (κ1) is 15.1. The Morgan fingerprint density at radius 1 is 1.45 bits per heavy atom. The summed E-state index contributed by atoms with van der Waals surface area (Å²) in [5, 5.41) is 0.965. The molecule has 2 heterocycles. The van der Waals surface area contributed by atoms with Crippen molar-refractivity contribution < 1.29 is 13.9 Å². The monoisotopic (exact) mass is 320 g/mol. The number of thiazole rings is 1. The number of hydrogen-bond donors (Lipinski definition) is 0. The first-order valence-corrected chi connectivity index (χ1v) is 8.10. The minimum atomic E-state index is -0.274. The minimum Gasteiger partial charge on any atom is -0.370 e. The summed E-state index contributed by atoms with van der Waals surface area (Å²) in [4.78, 5) is 19.2. The second-order valence-corrected chi connectivity index (χ2v) is 6.25. The fourth-order valence-electron chi connectivity index (χ4n) is 2.44. The van der Waals surface area contributed by atoms with E-state index in [-0.39, 0.29) is 17.8 Å². The fraction of sp³-hybridized carbons (Fsp3) is 0.375. The van der Waals surface area contributed by atoms with Crippen LogP contribution in [0.25, 0.3) is 0 Å². The van der Waals surface area contributed by atoms with E-state index in [2.05, 4.69) is 4.98 Å². The Kier molecular flexibility index (Phi) is 4.49. The summed E-state index contributed by atoms with van der Waals surface area (Å²) in [5.74, 6) is -0.281. The third-order valence-corrected chi connectivity index (χ3v) is 4.79.